The zero-order valence-electron chi connectivity index (χ0n) is 11.0. The summed E-state index contributed by atoms with van der Waals surface area (Å²) in [5.74, 6) is 0.0789. The summed E-state index contributed by atoms with van der Waals surface area (Å²) in [5, 5.41) is 17.8. The highest BCUT2D eigenvalue weighted by molar-refractivity contribution is 6.00. The van der Waals surface area contributed by atoms with Crippen LogP contribution in [0.5, 0.6) is 0 Å². The highest BCUT2D eigenvalue weighted by Gasteiger charge is 2.29. The SMILES string of the molecule is Cc1ccc(C(=N)N)c(N2CCCC(C)(O)C2)c1. The Labute approximate surface area is 108 Å². The molecular weight excluding hydrogens is 226 g/mol. The van der Waals surface area contributed by atoms with Gasteiger partial charge in [0.05, 0.1) is 5.60 Å². The number of nitrogens with zero attached hydrogens (tertiary/aromatic N) is 1. The molecule has 1 aliphatic rings. The molecule has 18 heavy (non-hydrogen) atoms. The second-order valence-corrected chi connectivity index (χ2v) is 5.46. The van der Waals surface area contributed by atoms with Crippen LogP contribution in [-0.4, -0.2) is 29.6 Å². The number of nitrogen functional groups attached to an aromatic ring is 1. The maximum atomic E-state index is 10.2. The van der Waals surface area contributed by atoms with E-state index in [0.717, 1.165) is 36.2 Å². The molecule has 1 fully saturated rings. The fraction of sp³-hybridized carbons (Fsp3) is 0.500. The predicted molar refractivity (Wildman–Crippen MR) is 74.3 cm³/mol. The van der Waals surface area contributed by atoms with E-state index in [1.54, 1.807) is 0 Å². The quantitative estimate of drug-likeness (QED) is 0.549. The first-order chi connectivity index (χ1) is 8.39. The monoisotopic (exact) mass is 247 g/mol. The lowest BCUT2D eigenvalue weighted by molar-refractivity contribution is 0.0449. The van der Waals surface area contributed by atoms with Crippen molar-refractivity contribution in [1.29, 1.82) is 5.41 Å². The molecule has 0 bridgehead atoms. The largest absolute Gasteiger partial charge is 0.388 e. The maximum absolute atomic E-state index is 10.2. The lowest BCUT2D eigenvalue weighted by atomic mass is 9.94. The van der Waals surface area contributed by atoms with Crippen molar-refractivity contribution in [3.05, 3.63) is 29.3 Å². The second-order valence-electron chi connectivity index (χ2n) is 5.46. The average Bonchev–Trinajstić information content (AvgIpc) is 2.27. The van der Waals surface area contributed by atoms with Crippen LogP contribution in [0.4, 0.5) is 5.69 Å². The Morgan fingerprint density at radius 2 is 2.22 bits per heavy atom. The normalized spacial score (nSPS) is 24.1. The molecule has 1 unspecified atom stereocenters. The Bertz CT molecular complexity index is 468. The van der Waals surface area contributed by atoms with E-state index in [1.165, 1.54) is 0 Å². The Balaban J connectivity index is 2.37. The van der Waals surface area contributed by atoms with Gasteiger partial charge in [-0.15, -0.1) is 0 Å². The number of piperidine rings is 1. The summed E-state index contributed by atoms with van der Waals surface area (Å²) in [7, 11) is 0. The molecule has 1 atom stereocenters. The maximum Gasteiger partial charge on any atom is 0.124 e. The molecule has 1 aromatic carbocycles. The van der Waals surface area contributed by atoms with Crippen LogP contribution in [0, 0.1) is 12.3 Å². The van der Waals surface area contributed by atoms with Gasteiger partial charge < -0.3 is 15.7 Å². The number of aryl methyl sites for hydroxylation is 1. The number of benzene rings is 1. The minimum absolute atomic E-state index is 0.0789. The topological polar surface area (TPSA) is 73.3 Å². The van der Waals surface area contributed by atoms with Crippen molar-refractivity contribution in [2.24, 2.45) is 5.73 Å². The predicted octanol–water partition coefficient (Wildman–Crippen LogP) is 1.63. The summed E-state index contributed by atoms with van der Waals surface area (Å²) in [5.41, 5.74) is 7.82. The van der Waals surface area contributed by atoms with Gasteiger partial charge in [0.1, 0.15) is 5.84 Å². The van der Waals surface area contributed by atoms with Crippen LogP contribution in [0.2, 0.25) is 0 Å². The lowest BCUT2D eigenvalue weighted by Crippen LogP contribution is -2.46. The first-order valence-electron chi connectivity index (χ1n) is 6.31. The van der Waals surface area contributed by atoms with Gasteiger partial charge in [0.25, 0.3) is 0 Å². The number of hydrogen-bond donors (Lipinski definition) is 3. The van der Waals surface area contributed by atoms with E-state index in [0.29, 0.717) is 6.54 Å². The minimum atomic E-state index is -0.657. The molecule has 4 N–H and O–H groups in total. The zero-order valence-corrected chi connectivity index (χ0v) is 11.0. The van der Waals surface area contributed by atoms with Crippen LogP contribution in [0.15, 0.2) is 18.2 Å². The average molecular weight is 247 g/mol. The van der Waals surface area contributed by atoms with E-state index in [-0.39, 0.29) is 5.84 Å². The molecule has 1 aliphatic heterocycles. The van der Waals surface area contributed by atoms with Crippen LogP contribution in [0.1, 0.15) is 30.9 Å². The highest BCUT2D eigenvalue weighted by atomic mass is 16.3. The highest BCUT2D eigenvalue weighted by Crippen LogP contribution is 2.28. The van der Waals surface area contributed by atoms with Gasteiger partial charge >= 0.3 is 0 Å². The van der Waals surface area contributed by atoms with Crippen molar-refractivity contribution in [2.45, 2.75) is 32.3 Å². The van der Waals surface area contributed by atoms with Gasteiger partial charge in [-0.3, -0.25) is 5.41 Å². The van der Waals surface area contributed by atoms with E-state index in [4.69, 9.17) is 11.1 Å². The molecule has 0 aromatic heterocycles. The third kappa shape index (κ3) is 2.64. The number of hydrogen-bond acceptors (Lipinski definition) is 3. The fourth-order valence-electron chi connectivity index (χ4n) is 2.56. The Morgan fingerprint density at radius 3 is 2.83 bits per heavy atom. The van der Waals surface area contributed by atoms with Gasteiger partial charge in [-0.25, -0.2) is 0 Å². The van der Waals surface area contributed by atoms with Crippen LogP contribution in [0.3, 0.4) is 0 Å². The molecule has 0 spiro atoms. The van der Waals surface area contributed by atoms with Crippen LogP contribution < -0.4 is 10.6 Å². The molecule has 4 nitrogen and oxygen atoms in total. The Morgan fingerprint density at radius 1 is 1.50 bits per heavy atom. The van der Waals surface area contributed by atoms with Crippen molar-refractivity contribution in [2.75, 3.05) is 18.0 Å². The fourth-order valence-corrected chi connectivity index (χ4v) is 2.56. The zero-order chi connectivity index (χ0) is 13.3. The number of β-amino-alcohol motifs (C(OH)–C–C–N with tert-alkyl or cyclic N) is 1. The summed E-state index contributed by atoms with van der Waals surface area (Å²) in [6.45, 7) is 5.38. The van der Waals surface area contributed by atoms with E-state index < -0.39 is 5.60 Å². The minimum Gasteiger partial charge on any atom is -0.388 e. The number of anilines is 1. The van der Waals surface area contributed by atoms with Gasteiger partial charge in [-0.05, 0) is 44.4 Å². The van der Waals surface area contributed by atoms with Gasteiger partial charge in [0, 0.05) is 24.3 Å². The number of rotatable bonds is 2. The summed E-state index contributed by atoms with van der Waals surface area (Å²) in [6.07, 6.45) is 1.78. The molecule has 0 amide bonds. The third-order valence-corrected chi connectivity index (χ3v) is 3.46. The Kier molecular flexibility index (Phi) is 3.30. The van der Waals surface area contributed by atoms with Crippen molar-refractivity contribution in [1.82, 2.24) is 0 Å². The molecule has 1 saturated heterocycles. The van der Waals surface area contributed by atoms with Crippen LogP contribution >= 0.6 is 0 Å². The van der Waals surface area contributed by atoms with E-state index in [2.05, 4.69) is 4.90 Å². The molecule has 0 radical (unpaired) electrons. The lowest BCUT2D eigenvalue weighted by Gasteiger charge is -2.39. The number of nitrogens with one attached hydrogen (secondary N) is 1. The Hall–Kier alpha value is -1.55. The van der Waals surface area contributed by atoms with E-state index in [9.17, 15) is 5.11 Å². The van der Waals surface area contributed by atoms with Gasteiger partial charge in [-0.1, -0.05) is 6.07 Å². The molecule has 1 aromatic rings. The van der Waals surface area contributed by atoms with Crippen molar-refractivity contribution >= 4 is 11.5 Å². The summed E-state index contributed by atoms with van der Waals surface area (Å²) < 4.78 is 0. The number of amidine groups is 1. The van der Waals surface area contributed by atoms with Crippen molar-refractivity contribution in [3.63, 3.8) is 0 Å². The van der Waals surface area contributed by atoms with E-state index in [1.807, 2.05) is 32.0 Å². The molecule has 1 heterocycles. The van der Waals surface area contributed by atoms with Gasteiger partial charge in [-0.2, -0.15) is 0 Å². The molecule has 0 saturated carbocycles. The van der Waals surface area contributed by atoms with Gasteiger partial charge in [0.15, 0.2) is 0 Å². The molecule has 98 valence electrons. The summed E-state index contributed by atoms with van der Waals surface area (Å²) in [6, 6.07) is 5.89. The van der Waals surface area contributed by atoms with Gasteiger partial charge in [0.2, 0.25) is 0 Å². The second kappa shape index (κ2) is 4.61. The summed E-state index contributed by atoms with van der Waals surface area (Å²) in [4.78, 5) is 2.13. The van der Waals surface area contributed by atoms with E-state index >= 15 is 0 Å². The van der Waals surface area contributed by atoms with Crippen LogP contribution in [0.25, 0.3) is 0 Å². The number of aliphatic hydroxyl groups is 1. The molecule has 0 aliphatic carbocycles. The third-order valence-electron chi connectivity index (χ3n) is 3.46. The van der Waals surface area contributed by atoms with Crippen molar-refractivity contribution in [3.8, 4) is 0 Å². The van der Waals surface area contributed by atoms with Crippen molar-refractivity contribution < 1.29 is 5.11 Å². The van der Waals surface area contributed by atoms with Crippen LogP contribution in [-0.2, 0) is 0 Å². The number of nitrogens with two attached hydrogens (primary N) is 1. The molecule has 4 heteroatoms. The first kappa shape index (κ1) is 12.9. The standard InChI is InChI=1S/C14H21N3O/c1-10-4-5-11(13(15)16)12(8-10)17-7-3-6-14(2,18)9-17/h4-5,8,18H,3,6-7,9H2,1-2H3,(H3,15,16). The molecular formula is C14H21N3O. The summed E-state index contributed by atoms with van der Waals surface area (Å²) >= 11 is 0. The molecule has 2 rings (SSSR count). The smallest absolute Gasteiger partial charge is 0.124 e. The first-order valence-corrected chi connectivity index (χ1v) is 6.31.